The van der Waals surface area contributed by atoms with E-state index < -0.39 is 6.03 Å². The first-order chi connectivity index (χ1) is 10.6. The van der Waals surface area contributed by atoms with Crippen LogP contribution in [0.3, 0.4) is 0 Å². The highest BCUT2D eigenvalue weighted by Gasteiger charge is 2.18. The second-order valence-corrected chi connectivity index (χ2v) is 4.96. The summed E-state index contributed by atoms with van der Waals surface area (Å²) in [6, 6.07) is 8.92. The molecule has 0 unspecified atom stereocenters. The number of nitrogens with zero attached hydrogens (tertiary/aromatic N) is 4. The van der Waals surface area contributed by atoms with Crippen LogP contribution in [0.4, 0.5) is 10.6 Å². The lowest BCUT2D eigenvalue weighted by Crippen LogP contribution is -2.21. The summed E-state index contributed by atoms with van der Waals surface area (Å²) in [6.45, 7) is 1.89. The number of amides is 2. The van der Waals surface area contributed by atoms with Crippen LogP contribution in [0.1, 0.15) is 5.56 Å². The molecule has 3 N–H and O–H groups in total. The van der Waals surface area contributed by atoms with Gasteiger partial charge in [-0.3, -0.25) is 10.00 Å². The van der Waals surface area contributed by atoms with Crippen LogP contribution in [0.2, 0.25) is 0 Å². The number of nitrogens with two attached hydrogens (primary N) is 1. The SMILES string of the molecule is Cc1c(-c2cnn(C)c2)nn(-c2ccccc2)c1NC(N)=O. The van der Waals surface area contributed by atoms with E-state index in [4.69, 9.17) is 5.73 Å². The number of primary amides is 1. The summed E-state index contributed by atoms with van der Waals surface area (Å²) < 4.78 is 3.37. The Kier molecular flexibility index (Phi) is 3.38. The van der Waals surface area contributed by atoms with Gasteiger partial charge >= 0.3 is 6.03 Å². The van der Waals surface area contributed by atoms with Crippen LogP contribution in [0.25, 0.3) is 16.9 Å². The Balaban J connectivity index is 2.18. The number of nitrogens with one attached hydrogen (secondary N) is 1. The molecule has 0 atom stereocenters. The Morgan fingerprint density at radius 2 is 2.00 bits per heavy atom. The van der Waals surface area contributed by atoms with E-state index in [0.717, 1.165) is 22.5 Å². The molecule has 0 aliphatic rings. The quantitative estimate of drug-likeness (QED) is 0.775. The van der Waals surface area contributed by atoms with Gasteiger partial charge < -0.3 is 5.73 Å². The van der Waals surface area contributed by atoms with Crippen LogP contribution >= 0.6 is 0 Å². The molecule has 0 aliphatic carbocycles. The average molecular weight is 296 g/mol. The number of carbonyl (C=O) groups is 1. The molecule has 0 aliphatic heterocycles. The lowest BCUT2D eigenvalue weighted by Gasteiger charge is -2.07. The van der Waals surface area contributed by atoms with Crippen molar-refractivity contribution in [1.82, 2.24) is 19.6 Å². The summed E-state index contributed by atoms with van der Waals surface area (Å²) in [4.78, 5) is 11.3. The first-order valence-electron chi connectivity index (χ1n) is 6.77. The summed E-state index contributed by atoms with van der Waals surface area (Å²) >= 11 is 0. The molecule has 0 spiro atoms. The standard InChI is InChI=1S/C15H16N6O/c1-10-13(11-8-17-20(2)9-11)19-21(14(10)18-15(16)22)12-6-4-3-5-7-12/h3-9H,1-2H3,(H3,16,18,22). The fourth-order valence-corrected chi connectivity index (χ4v) is 2.33. The van der Waals surface area contributed by atoms with Gasteiger partial charge in [0, 0.05) is 24.4 Å². The van der Waals surface area contributed by atoms with Crippen molar-refractivity contribution in [3.8, 4) is 16.9 Å². The zero-order valence-electron chi connectivity index (χ0n) is 12.3. The van der Waals surface area contributed by atoms with Gasteiger partial charge in [-0.1, -0.05) is 18.2 Å². The number of benzene rings is 1. The van der Waals surface area contributed by atoms with Gasteiger partial charge in [-0.25, -0.2) is 9.48 Å². The van der Waals surface area contributed by atoms with E-state index in [1.165, 1.54) is 0 Å². The molecule has 0 saturated heterocycles. The van der Waals surface area contributed by atoms with Crippen molar-refractivity contribution < 1.29 is 4.79 Å². The lowest BCUT2D eigenvalue weighted by molar-refractivity contribution is 0.259. The smallest absolute Gasteiger partial charge is 0.317 e. The molecule has 1 aromatic carbocycles. The number of urea groups is 1. The van der Waals surface area contributed by atoms with Crippen molar-refractivity contribution in [3.63, 3.8) is 0 Å². The molecule has 0 radical (unpaired) electrons. The van der Waals surface area contributed by atoms with Gasteiger partial charge in [0.25, 0.3) is 0 Å². The minimum absolute atomic E-state index is 0.553. The van der Waals surface area contributed by atoms with Crippen molar-refractivity contribution in [2.75, 3.05) is 5.32 Å². The first-order valence-corrected chi connectivity index (χ1v) is 6.77. The van der Waals surface area contributed by atoms with E-state index in [-0.39, 0.29) is 0 Å². The molecule has 2 amide bonds. The second-order valence-electron chi connectivity index (χ2n) is 4.96. The second kappa shape index (κ2) is 5.36. The zero-order valence-corrected chi connectivity index (χ0v) is 12.3. The monoisotopic (exact) mass is 296 g/mol. The molecule has 2 heterocycles. The number of anilines is 1. The van der Waals surface area contributed by atoms with Crippen molar-refractivity contribution >= 4 is 11.8 Å². The van der Waals surface area contributed by atoms with Crippen molar-refractivity contribution in [1.29, 1.82) is 0 Å². The van der Waals surface area contributed by atoms with Gasteiger partial charge in [0.15, 0.2) is 0 Å². The molecular weight excluding hydrogens is 280 g/mol. The Morgan fingerprint density at radius 3 is 2.59 bits per heavy atom. The summed E-state index contributed by atoms with van der Waals surface area (Å²) in [5.41, 5.74) is 8.58. The predicted octanol–water partition coefficient (Wildman–Crippen LogP) is 2.07. The van der Waals surface area contributed by atoms with Crippen LogP contribution < -0.4 is 11.1 Å². The van der Waals surface area contributed by atoms with E-state index in [9.17, 15) is 4.79 Å². The van der Waals surface area contributed by atoms with Crippen molar-refractivity contribution in [3.05, 3.63) is 48.3 Å². The van der Waals surface area contributed by atoms with E-state index in [0.29, 0.717) is 5.82 Å². The maximum Gasteiger partial charge on any atom is 0.317 e. The third-order valence-corrected chi connectivity index (χ3v) is 3.34. The highest BCUT2D eigenvalue weighted by Crippen LogP contribution is 2.29. The van der Waals surface area contributed by atoms with Crippen LogP contribution in [0.5, 0.6) is 0 Å². The molecule has 3 aromatic rings. The number of para-hydroxylation sites is 1. The molecule has 7 heteroatoms. The molecule has 22 heavy (non-hydrogen) atoms. The molecule has 0 fully saturated rings. The number of rotatable bonds is 3. The Morgan fingerprint density at radius 1 is 1.27 bits per heavy atom. The molecule has 2 aromatic heterocycles. The largest absolute Gasteiger partial charge is 0.351 e. The van der Waals surface area contributed by atoms with E-state index in [2.05, 4.69) is 15.5 Å². The Bertz CT molecular complexity index is 818. The normalized spacial score (nSPS) is 10.6. The maximum atomic E-state index is 11.3. The lowest BCUT2D eigenvalue weighted by atomic mass is 10.1. The molecule has 0 saturated carbocycles. The zero-order chi connectivity index (χ0) is 15.7. The number of aryl methyl sites for hydroxylation is 1. The summed E-state index contributed by atoms with van der Waals surface area (Å²) in [7, 11) is 1.84. The average Bonchev–Trinajstić information content (AvgIpc) is 3.05. The number of hydrogen-bond acceptors (Lipinski definition) is 3. The fraction of sp³-hybridized carbons (Fsp3) is 0.133. The van der Waals surface area contributed by atoms with E-state index in [1.807, 2.05) is 50.5 Å². The first kappa shape index (κ1) is 13.9. The van der Waals surface area contributed by atoms with Crippen LogP contribution in [0, 0.1) is 6.92 Å². The number of aromatic nitrogens is 4. The van der Waals surface area contributed by atoms with Crippen molar-refractivity contribution in [2.24, 2.45) is 12.8 Å². The molecule has 7 nitrogen and oxygen atoms in total. The van der Waals surface area contributed by atoms with Crippen LogP contribution in [-0.2, 0) is 7.05 Å². The molecule has 3 rings (SSSR count). The fourth-order valence-electron chi connectivity index (χ4n) is 2.33. The van der Waals surface area contributed by atoms with Crippen LogP contribution in [-0.4, -0.2) is 25.6 Å². The minimum atomic E-state index is -0.627. The highest BCUT2D eigenvalue weighted by molar-refractivity contribution is 5.89. The highest BCUT2D eigenvalue weighted by atomic mass is 16.2. The van der Waals surface area contributed by atoms with Gasteiger partial charge in [0.05, 0.1) is 11.9 Å². The van der Waals surface area contributed by atoms with Gasteiger partial charge in [-0.15, -0.1) is 0 Å². The molecule has 0 bridgehead atoms. The van der Waals surface area contributed by atoms with E-state index >= 15 is 0 Å². The number of carbonyl (C=O) groups excluding carboxylic acids is 1. The van der Waals surface area contributed by atoms with Crippen molar-refractivity contribution in [2.45, 2.75) is 6.92 Å². The molecular formula is C15H16N6O. The van der Waals surface area contributed by atoms with Gasteiger partial charge in [0.2, 0.25) is 0 Å². The third kappa shape index (κ3) is 2.44. The van der Waals surface area contributed by atoms with Gasteiger partial charge in [-0.05, 0) is 19.1 Å². The Hall–Kier alpha value is -3.09. The minimum Gasteiger partial charge on any atom is -0.351 e. The summed E-state index contributed by atoms with van der Waals surface area (Å²) in [6.07, 6.45) is 3.61. The predicted molar refractivity (Wildman–Crippen MR) is 83.7 cm³/mol. The number of hydrogen-bond donors (Lipinski definition) is 2. The van der Waals surface area contributed by atoms with Crippen LogP contribution in [0.15, 0.2) is 42.7 Å². The maximum absolute atomic E-state index is 11.3. The molecule has 112 valence electrons. The summed E-state index contributed by atoms with van der Waals surface area (Å²) in [5.74, 6) is 0.553. The topological polar surface area (TPSA) is 90.8 Å². The third-order valence-electron chi connectivity index (χ3n) is 3.34. The van der Waals surface area contributed by atoms with E-state index in [1.54, 1.807) is 15.6 Å². The Labute approximate surface area is 127 Å². The van der Waals surface area contributed by atoms with Gasteiger partial charge in [-0.2, -0.15) is 10.2 Å². The van der Waals surface area contributed by atoms with Gasteiger partial charge in [0.1, 0.15) is 11.5 Å². The summed E-state index contributed by atoms with van der Waals surface area (Å²) in [5, 5.41) is 11.4.